The van der Waals surface area contributed by atoms with Crippen molar-refractivity contribution >= 4 is 11.9 Å². The van der Waals surface area contributed by atoms with Crippen LogP contribution in [0.2, 0.25) is 0 Å². The second kappa shape index (κ2) is 12.6. The summed E-state index contributed by atoms with van der Waals surface area (Å²) < 4.78 is 0. The van der Waals surface area contributed by atoms with E-state index in [-0.39, 0.29) is 30.1 Å². The first kappa shape index (κ1) is 26.6. The van der Waals surface area contributed by atoms with Gasteiger partial charge in [-0.15, -0.1) is 0 Å². The second-order valence-electron chi connectivity index (χ2n) is 9.92. The lowest BCUT2D eigenvalue weighted by Crippen LogP contribution is -2.46. The van der Waals surface area contributed by atoms with Crippen molar-refractivity contribution in [1.82, 2.24) is 0 Å². The molecule has 0 saturated carbocycles. The predicted molar refractivity (Wildman–Crippen MR) is 133 cm³/mol. The van der Waals surface area contributed by atoms with E-state index in [0.717, 1.165) is 30.4 Å². The van der Waals surface area contributed by atoms with Crippen molar-refractivity contribution in [2.45, 2.75) is 78.1 Å². The van der Waals surface area contributed by atoms with E-state index in [2.05, 4.69) is 52.0 Å². The average molecular weight is 453 g/mol. The maximum atomic E-state index is 13.4. The van der Waals surface area contributed by atoms with Gasteiger partial charge in [-0.25, -0.2) is 0 Å². The topological polar surface area (TPSA) is 74.6 Å². The summed E-state index contributed by atoms with van der Waals surface area (Å²) in [4.78, 5) is 24.2. The number of carboxylic acid groups (broad SMARTS) is 2. The van der Waals surface area contributed by atoms with Crippen molar-refractivity contribution in [3.05, 3.63) is 71.8 Å². The van der Waals surface area contributed by atoms with Crippen molar-refractivity contribution in [3.63, 3.8) is 0 Å². The summed E-state index contributed by atoms with van der Waals surface area (Å²) in [6, 6.07) is 20.2. The fraction of sp³-hybridized carbons (Fsp3) is 0.517. The van der Waals surface area contributed by atoms with E-state index < -0.39 is 17.4 Å². The molecule has 0 amide bonds. The van der Waals surface area contributed by atoms with Crippen molar-refractivity contribution in [2.75, 3.05) is 0 Å². The molecule has 0 radical (unpaired) electrons. The minimum atomic E-state index is -0.974. The summed E-state index contributed by atoms with van der Waals surface area (Å²) in [7, 11) is 0. The van der Waals surface area contributed by atoms with Crippen molar-refractivity contribution < 1.29 is 19.8 Å². The molecule has 0 fully saturated rings. The van der Waals surface area contributed by atoms with Gasteiger partial charge in [0.15, 0.2) is 0 Å². The molecule has 2 aromatic rings. The normalized spacial score (nSPS) is 15.2. The molecule has 2 unspecified atom stereocenters. The first-order valence-corrected chi connectivity index (χ1v) is 12.3. The zero-order valence-corrected chi connectivity index (χ0v) is 20.5. The Hall–Kier alpha value is -2.62. The van der Waals surface area contributed by atoms with Crippen molar-refractivity contribution in [1.29, 1.82) is 0 Å². The third kappa shape index (κ3) is 6.69. The molecular weight excluding hydrogens is 412 g/mol. The highest BCUT2D eigenvalue weighted by atomic mass is 16.4. The van der Waals surface area contributed by atoms with Crippen LogP contribution >= 0.6 is 0 Å². The lowest BCUT2D eigenvalue weighted by Gasteiger charge is -2.47. The molecule has 33 heavy (non-hydrogen) atoms. The van der Waals surface area contributed by atoms with Gasteiger partial charge in [0.1, 0.15) is 0 Å². The minimum Gasteiger partial charge on any atom is -0.481 e. The van der Waals surface area contributed by atoms with Gasteiger partial charge in [0.25, 0.3) is 0 Å². The van der Waals surface area contributed by atoms with E-state index in [9.17, 15) is 14.7 Å². The number of hydrogen-bond acceptors (Lipinski definition) is 2. The summed E-state index contributed by atoms with van der Waals surface area (Å²) >= 11 is 0. The van der Waals surface area contributed by atoms with Gasteiger partial charge in [-0.3, -0.25) is 9.59 Å². The monoisotopic (exact) mass is 452 g/mol. The molecule has 4 heteroatoms. The largest absolute Gasteiger partial charge is 0.481 e. The van der Waals surface area contributed by atoms with Crippen LogP contribution in [0.15, 0.2) is 60.7 Å². The Bertz CT molecular complexity index is 806. The van der Waals surface area contributed by atoms with Crippen LogP contribution in [0.5, 0.6) is 0 Å². The van der Waals surface area contributed by atoms with E-state index in [1.165, 1.54) is 0 Å². The number of hydrogen-bond donors (Lipinski definition) is 2. The van der Waals surface area contributed by atoms with Crippen LogP contribution in [0.25, 0.3) is 0 Å². The number of unbranched alkanes of at least 4 members (excludes halogenated alkanes) is 3. The van der Waals surface area contributed by atoms with Gasteiger partial charge in [0, 0.05) is 18.3 Å². The van der Waals surface area contributed by atoms with Crippen LogP contribution in [0.3, 0.4) is 0 Å². The Labute approximate surface area is 199 Å². The Kier molecular flexibility index (Phi) is 10.1. The van der Waals surface area contributed by atoms with Gasteiger partial charge in [0.05, 0.1) is 5.41 Å². The van der Waals surface area contributed by atoms with Gasteiger partial charge in [0.2, 0.25) is 0 Å². The highest BCUT2D eigenvalue weighted by molar-refractivity contribution is 5.78. The second-order valence-corrected chi connectivity index (χ2v) is 9.92. The van der Waals surface area contributed by atoms with E-state index >= 15 is 0 Å². The maximum absolute atomic E-state index is 13.4. The molecule has 0 heterocycles. The first-order chi connectivity index (χ1) is 15.7. The predicted octanol–water partition coefficient (Wildman–Crippen LogP) is 7.36. The van der Waals surface area contributed by atoms with Crippen LogP contribution in [0.1, 0.15) is 89.2 Å². The molecule has 4 nitrogen and oxygen atoms in total. The van der Waals surface area contributed by atoms with Crippen LogP contribution < -0.4 is 0 Å². The van der Waals surface area contributed by atoms with E-state index in [1.807, 2.05) is 36.4 Å². The maximum Gasteiger partial charge on any atom is 0.310 e. The quantitative estimate of drug-likeness (QED) is 0.294. The van der Waals surface area contributed by atoms with E-state index in [0.29, 0.717) is 12.8 Å². The third-order valence-corrected chi connectivity index (χ3v) is 6.89. The molecule has 2 atom stereocenters. The molecular formula is C29H40O4. The van der Waals surface area contributed by atoms with Gasteiger partial charge < -0.3 is 10.2 Å². The summed E-state index contributed by atoms with van der Waals surface area (Å²) in [6.45, 7) is 8.52. The van der Waals surface area contributed by atoms with Gasteiger partial charge >= 0.3 is 11.9 Å². The highest BCUT2D eigenvalue weighted by Gasteiger charge is 2.54. The highest BCUT2D eigenvalue weighted by Crippen LogP contribution is 2.56. The molecule has 0 aromatic heterocycles. The van der Waals surface area contributed by atoms with Crippen molar-refractivity contribution in [2.24, 2.45) is 17.3 Å². The molecule has 2 rings (SSSR count). The van der Waals surface area contributed by atoms with Crippen molar-refractivity contribution in [3.8, 4) is 0 Å². The molecule has 0 saturated heterocycles. The molecule has 0 bridgehead atoms. The fourth-order valence-corrected chi connectivity index (χ4v) is 5.80. The summed E-state index contributed by atoms with van der Waals surface area (Å²) in [5, 5.41) is 19.9. The third-order valence-electron chi connectivity index (χ3n) is 6.89. The Morgan fingerprint density at radius 2 is 1.12 bits per heavy atom. The average Bonchev–Trinajstić information content (AvgIpc) is 2.76. The molecule has 180 valence electrons. The number of benzene rings is 2. The van der Waals surface area contributed by atoms with E-state index in [4.69, 9.17) is 5.11 Å². The summed E-state index contributed by atoms with van der Waals surface area (Å²) in [5.74, 6) is -1.53. The van der Waals surface area contributed by atoms with Gasteiger partial charge in [-0.1, -0.05) is 108 Å². The molecule has 0 aliphatic heterocycles. The molecule has 0 aliphatic carbocycles. The number of aliphatic carboxylic acids is 2. The summed E-state index contributed by atoms with van der Waals surface area (Å²) in [5.41, 5.74) is 1.17. The molecule has 0 spiro atoms. The zero-order valence-electron chi connectivity index (χ0n) is 20.5. The van der Waals surface area contributed by atoms with Gasteiger partial charge in [-0.2, -0.15) is 0 Å². The molecule has 0 aliphatic rings. The lowest BCUT2D eigenvalue weighted by atomic mass is 9.54. The Morgan fingerprint density at radius 3 is 1.48 bits per heavy atom. The zero-order chi connectivity index (χ0) is 24.4. The Balaban J connectivity index is 2.55. The lowest BCUT2D eigenvalue weighted by molar-refractivity contribution is -0.155. The SMILES string of the molecule is CC(C)C(c1ccccc1)C(CCCCCCC(=O)O)(C(=O)O)C(c1ccccc1)C(C)C. The van der Waals surface area contributed by atoms with Crippen LogP contribution in [0.4, 0.5) is 0 Å². The van der Waals surface area contributed by atoms with Gasteiger partial charge in [-0.05, 0) is 35.8 Å². The minimum absolute atomic E-state index is 0.139. The smallest absolute Gasteiger partial charge is 0.310 e. The Morgan fingerprint density at radius 1 is 0.697 bits per heavy atom. The van der Waals surface area contributed by atoms with Crippen LogP contribution in [0, 0.1) is 17.3 Å². The number of carboxylic acids is 2. The number of rotatable bonds is 14. The molecule has 2 N–H and O–H groups in total. The van der Waals surface area contributed by atoms with E-state index in [1.54, 1.807) is 0 Å². The fourth-order valence-electron chi connectivity index (χ4n) is 5.80. The number of carbonyl (C=O) groups is 2. The van der Waals surface area contributed by atoms with Crippen LogP contribution in [-0.4, -0.2) is 22.2 Å². The summed E-state index contributed by atoms with van der Waals surface area (Å²) in [6.07, 6.45) is 3.76. The van der Waals surface area contributed by atoms with Crippen LogP contribution in [-0.2, 0) is 9.59 Å². The molecule has 2 aromatic carbocycles. The first-order valence-electron chi connectivity index (χ1n) is 12.3. The standard InChI is InChI=1S/C29H40O4/c1-21(2)26(23-15-9-7-10-16-23)29(28(32)33,20-14-6-5-13-19-25(30)31)27(22(3)4)24-17-11-8-12-18-24/h7-12,15-18,21-22,26-27H,5-6,13-14,19-20H2,1-4H3,(H,30,31)(H,32,33).